The fraction of sp³-hybridized carbons (Fsp3) is 0.500. The van der Waals surface area contributed by atoms with Crippen molar-refractivity contribution in [2.24, 2.45) is 12.8 Å². The molecule has 0 bridgehead atoms. The summed E-state index contributed by atoms with van der Waals surface area (Å²) in [6, 6.07) is -0.0988. The molecule has 0 spiro atoms. The Kier molecular flexibility index (Phi) is 2.46. The standard InChI is InChI=1S/C8H13N7/c1-6(9)7-3-15(13-11-7)4-8-12-10-5-14(8)2/h3,5-6H,4,9H2,1-2H3. The van der Waals surface area contributed by atoms with Gasteiger partial charge in [-0.05, 0) is 6.92 Å². The number of nitrogens with zero attached hydrogens (tertiary/aromatic N) is 6. The zero-order valence-electron chi connectivity index (χ0n) is 8.70. The SMILES string of the molecule is CC(N)c1cn(Cc2nncn2C)nn1. The monoisotopic (exact) mass is 207 g/mol. The maximum Gasteiger partial charge on any atom is 0.154 e. The predicted octanol–water partition coefficient (Wildman–Crippen LogP) is -0.525. The summed E-state index contributed by atoms with van der Waals surface area (Å²) in [5, 5.41) is 15.7. The molecule has 0 radical (unpaired) electrons. The Morgan fingerprint density at radius 2 is 2.27 bits per heavy atom. The normalized spacial score (nSPS) is 13.0. The molecule has 2 aromatic heterocycles. The summed E-state index contributed by atoms with van der Waals surface area (Å²) >= 11 is 0. The average Bonchev–Trinajstić information content (AvgIpc) is 2.77. The van der Waals surface area contributed by atoms with Gasteiger partial charge in [0, 0.05) is 13.1 Å². The van der Waals surface area contributed by atoms with E-state index in [1.165, 1.54) is 0 Å². The van der Waals surface area contributed by atoms with Crippen molar-refractivity contribution < 1.29 is 0 Å². The van der Waals surface area contributed by atoms with Crippen LogP contribution in [0.1, 0.15) is 24.5 Å². The van der Waals surface area contributed by atoms with Crippen LogP contribution in [0.25, 0.3) is 0 Å². The van der Waals surface area contributed by atoms with E-state index in [9.17, 15) is 0 Å². The zero-order valence-corrected chi connectivity index (χ0v) is 8.70. The largest absolute Gasteiger partial charge is 0.323 e. The van der Waals surface area contributed by atoms with E-state index in [0.717, 1.165) is 11.5 Å². The van der Waals surface area contributed by atoms with E-state index >= 15 is 0 Å². The Labute approximate surface area is 86.9 Å². The molecular weight excluding hydrogens is 194 g/mol. The molecule has 7 heteroatoms. The smallest absolute Gasteiger partial charge is 0.154 e. The maximum absolute atomic E-state index is 5.68. The lowest BCUT2D eigenvalue weighted by Gasteiger charge is -1.99. The van der Waals surface area contributed by atoms with Crippen molar-refractivity contribution in [1.29, 1.82) is 0 Å². The highest BCUT2D eigenvalue weighted by Gasteiger charge is 2.07. The summed E-state index contributed by atoms with van der Waals surface area (Å²) < 4.78 is 3.54. The third kappa shape index (κ3) is 2.01. The van der Waals surface area contributed by atoms with Crippen LogP contribution in [0.3, 0.4) is 0 Å². The van der Waals surface area contributed by atoms with Crippen molar-refractivity contribution >= 4 is 0 Å². The summed E-state index contributed by atoms with van der Waals surface area (Å²) in [6.07, 6.45) is 3.47. The average molecular weight is 207 g/mol. The highest BCUT2D eigenvalue weighted by atomic mass is 15.4. The molecule has 0 fully saturated rings. The Morgan fingerprint density at radius 1 is 1.47 bits per heavy atom. The molecule has 0 aliphatic carbocycles. The molecule has 2 aromatic rings. The zero-order chi connectivity index (χ0) is 10.8. The molecule has 2 rings (SSSR count). The Bertz CT molecular complexity index is 441. The van der Waals surface area contributed by atoms with Gasteiger partial charge in [-0.2, -0.15) is 0 Å². The lowest BCUT2D eigenvalue weighted by Crippen LogP contribution is -2.07. The first-order valence-electron chi connectivity index (χ1n) is 4.65. The van der Waals surface area contributed by atoms with Crippen LogP contribution < -0.4 is 5.73 Å². The van der Waals surface area contributed by atoms with Crippen LogP contribution in [0.4, 0.5) is 0 Å². The van der Waals surface area contributed by atoms with E-state index in [-0.39, 0.29) is 6.04 Å². The molecule has 7 nitrogen and oxygen atoms in total. The first kappa shape index (κ1) is 9.78. The second-order valence-corrected chi connectivity index (χ2v) is 3.49. The molecule has 80 valence electrons. The molecule has 1 unspecified atom stereocenters. The summed E-state index contributed by atoms with van der Waals surface area (Å²) in [5.74, 6) is 0.830. The van der Waals surface area contributed by atoms with Gasteiger partial charge < -0.3 is 10.3 Å². The number of aromatic nitrogens is 6. The molecule has 0 amide bonds. The van der Waals surface area contributed by atoms with E-state index in [0.29, 0.717) is 6.54 Å². The van der Waals surface area contributed by atoms with Gasteiger partial charge in [-0.25, -0.2) is 4.68 Å². The van der Waals surface area contributed by atoms with Crippen molar-refractivity contribution in [3.8, 4) is 0 Å². The van der Waals surface area contributed by atoms with Crippen LogP contribution >= 0.6 is 0 Å². The second kappa shape index (κ2) is 3.77. The second-order valence-electron chi connectivity index (χ2n) is 3.49. The van der Waals surface area contributed by atoms with Gasteiger partial charge in [0.05, 0.1) is 11.9 Å². The minimum Gasteiger partial charge on any atom is -0.323 e. The molecule has 0 saturated carbocycles. The van der Waals surface area contributed by atoms with Gasteiger partial charge in [-0.15, -0.1) is 15.3 Å². The Hall–Kier alpha value is -1.76. The highest BCUT2D eigenvalue weighted by Crippen LogP contribution is 2.04. The van der Waals surface area contributed by atoms with E-state index < -0.39 is 0 Å². The van der Waals surface area contributed by atoms with Gasteiger partial charge in [-0.1, -0.05) is 5.21 Å². The fourth-order valence-corrected chi connectivity index (χ4v) is 1.19. The van der Waals surface area contributed by atoms with Gasteiger partial charge in [0.15, 0.2) is 5.82 Å². The van der Waals surface area contributed by atoms with Gasteiger partial charge in [0.2, 0.25) is 0 Å². The minimum absolute atomic E-state index is 0.0988. The summed E-state index contributed by atoms with van der Waals surface area (Å²) in [7, 11) is 1.89. The van der Waals surface area contributed by atoms with Gasteiger partial charge in [0.1, 0.15) is 12.9 Å². The van der Waals surface area contributed by atoms with E-state index in [1.54, 1.807) is 11.0 Å². The van der Waals surface area contributed by atoms with Crippen LogP contribution in [0.2, 0.25) is 0 Å². The van der Waals surface area contributed by atoms with E-state index in [1.807, 2.05) is 24.7 Å². The van der Waals surface area contributed by atoms with Crippen molar-refractivity contribution in [2.45, 2.75) is 19.5 Å². The van der Waals surface area contributed by atoms with Crippen LogP contribution in [-0.2, 0) is 13.6 Å². The van der Waals surface area contributed by atoms with Crippen molar-refractivity contribution in [2.75, 3.05) is 0 Å². The summed E-state index contributed by atoms with van der Waals surface area (Å²) in [5.41, 5.74) is 6.46. The van der Waals surface area contributed by atoms with Gasteiger partial charge in [0.25, 0.3) is 0 Å². The number of hydrogen-bond donors (Lipinski definition) is 1. The number of hydrogen-bond acceptors (Lipinski definition) is 5. The van der Waals surface area contributed by atoms with Crippen molar-refractivity contribution in [3.05, 3.63) is 24.0 Å². The first-order valence-corrected chi connectivity index (χ1v) is 4.65. The van der Waals surface area contributed by atoms with Crippen LogP contribution in [0.15, 0.2) is 12.5 Å². The van der Waals surface area contributed by atoms with Gasteiger partial charge in [-0.3, -0.25) is 0 Å². The minimum atomic E-state index is -0.0988. The predicted molar refractivity (Wildman–Crippen MR) is 52.7 cm³/mol. The highest BCUT2D eigenvalue weighted by molar-refractivity contribution is 4.98. The molecule has 0 saturated heterocycles. The number of rotatable bonds is 3. The summed E-state index contributed by atoms with van der Waals surface area (Å²) in [4.78, 5) is 0. The quantitative estimate of drug-likeness (QED) is 0.731. The Morgan fingerprint density at radius 3 is 2.80 bits per heavy atom. The third-order valence-corrected chi connectivity index (χ3v) is 2.13. The van der Waals surface area contributed by atoms with Crippen molar-refractivity contribution in [1.82, 2.24) is 29.8 Å². The van der Waals surface area contributed by atoms with E-state index in [2.05, 4.69) is 20.5 Å². The molecule has 0 aliphatic rings. The number of aryl methyl sites for hydroxylation is 1. The van der Waals surface area contributed by atoms with Crippen LogP contribution in [0, 0.1) is 0 Å². The van der Waals surface area contributed by atoms with Crippen LogP contribution in [-0.4, -0.2) is 29.8 Å². The van der Waals surface area contributed by atoms with Gasteiger partial charge >= 0.3 is 0 Å². The maximum atomic E-state index is 5.68. The molecule has 2 N–H and O–H groups in total. The molecule has 2 heterocycles. The van der Waals surface area contributed by atoms with E-state index in [4.69, 9.17) is 5.73 Å². The lowest BCUT2D eigenvalue weighted by atomic mass is 10.3. The Balaban J connectivity index is 2.15. The fourth-order valence-electron chi connectivity index (χ4n) is 1.19. The molecular formula is C8H13N7. The summed E-state index contributed by atoms with van der Waals surface area (Å²) in [6.45, 7) is 2.42. The third-order valence-electron chi connectivity index (χ3n) is 2.13. The molecule has 1 atom stereocenters. The molecule has 0 aromatic carbocycles. The molecule has 0 aliphatic heterocycles. The number of nitrogens with two attached hydrogens (primary N) is 1. The first-order chi connectivity index (χ1) is 7.16. The van der Waals surface area contributed by atoms with Crippen molar-refractivity contribution in [3.63, 3.8) is 0 Å². The van der Waals surface area contributed by atoms with Crippen LogP contribution in [0.5, 0.6) is 0 Å². The topological polar surface area (TPSA) is 87.4 Å². The molecule has 15 heavy (non-hydrogen) atoms. The lowest BCUT2D eigenvalue weighted by molar-refractivity contribution is 0.605.